The Morgan fingerprint density at radius 1 is 0.742 bits per heavy atom. The van der Waals surface area contributed by atoms with Crippen molar-refractivity contribution in [1.29, 1.82) is 0 Å². The van der Waals surface area contributed by atoms with Gasteiger partial charge in [0.15, 0.2) is 0 Å². The summed E-state index contributed by atoms with van der Waals surface area (Å²) in [5.74, 6) is -2.44. The third-order valence-electron chi connectivity index (χ3n) is 4.83. The molecule has 156 valence electrons. The molecule has 0 amide bonds. The minimum atomic E-state index is -1.22. The summed E-state index contributed by atoms with van der Waals surface area (Å²) < 4.78 is 0. The zero-order valence-corrected chi connectivity index (χ0v) is 18.3. The van der Waals surface area contributed by atoms with Crippen LogP contribution in [-0.4, -0.2) is 57.0 Å². The Bertz CT molecular complexity index is 1080. The zero-order chi connectivity index (χ0) is 21.7. The number of carboxylic acid groups (broad SMARTS) is 2. The van der Waals surface area contributed by atoms with E-state index in [-0.39, 0.29) is 35.9 Å². The van der Waals surface area contributed by atoms with Crippen molar-refractivity contribution >= 4 is 56.8 Å². The zero-order valence-electron chi connectivity index (χ0n) is 16.8. The Hall–Kier alpha value is -2.85. The largest absolute Gasteiger partial charge is 2.00 e. The predicted octanol–water partition coefficient (Wildman–Crippen LogP) is -0.806. The number of nitrogens with one attached hydrogen (secondary N) is 2. The first-order valence-electron chi connectivity index (χ1n) is 9.39. The maximum absolute atomic E-state index is 10.5. The number of benzene rings is 2. The fourth-order valence-electron chi connectivity index (χ4n) is 3.24. The monoisotopic (exact) mass is 430 g/mol. The number of hydrogen-bond acceptors (Lipinski definition) is 6. The summed E-state index contributed by atoms with van der Waals surface area (Å²) in [4.78, 5) is 27.2. The molecule has 31 heavy (non-hydrogen) atoms. The Kier molecular flexibility index (Phi) is 8.63. The number of hydrogen-bond donors (Lipinski definition) is 4. The molecular weight excluding hydrogens is 409 g/mol. The quantitative estimate of drug-likeness (QED) is 0.292. The summed E-state index contributed by atoms with van der Waals surface area (Å²) in [6.07, 6.45) is 4.14. The Labute approximate surface area is 194 Å². The molecule has 0 saturated carbocycles. The van der Waals surface area contributed by atoms with E-state index in [0.717, 1.165) is 32.9 Å². The van der Waals surface area contributed by atoms with Crippen molar-refractivity contribution in [1.82, 2.24) is 9.97 Å². The van der Waals surface area contributed by atoms with Crippen LogP contribution in [0.3, 0.4) is 0 Å². The molecule has 0 aliphatic carbocycles. The van der Waals surface area contributed by atoms with E-state index >= 15 is 0 Å². The first-order chi connectivity index (χ1) is 14.4. The molecule has 0 aliphatic rings. The van der Waals surface area contributed by atoms with Crippen LogP contribution in [0.15, 0.2) is 60.9 Å². The van der Waals surface area contributed by atoms with E-state index in [1.165, 1.54) is 0 Å². The molecule has 4 aromatic rings. The summed E-state index contributed by atoms with van der Waals surface area (Å²) in [5, 5.41) is 23.0. The van der Waals surface area contributed by atoms with Crippen LogP contribution in [0, 0.1) is 0 Å². The van der Waals surface area contributed by atoms with Gasteiger partial charge in [0.25, 0.3) is 0 Å². The van der Waals surface area contributed by atoms with E-state index in [2.05, 4.69) is 9.97 Å². The van der Waals surface area contributed by atoms with Gasteiger partial charge in [-0.15, -0.1) is 0 Å². The van der Waals surface area contributed by atoms with Crippen molar-refractivity contribution in [2.75, 3.05) is 0 Å². The molecule has 0 unspecified atom stereocenters. The topological polar surface area (TPSA) is 164 Å². The predicted molar refractivity (Wildman–Crippen MR) is 116 cm³/mol. The number of carboxylic acids is 2. The average molecular weight is 431 g/mol. The number of rotatable bonds is 6. The minimum absolute atomic E-state index is 0. The number of fused-ring (bicyclic) bond motifs is 2. The second kappa shape index (κ2) is 11.0. The number of carbonyl (C=O) groups excluding carboxylic acids is 2. The molecule has 6 N–H and O–H groups in total. The molecule has 0 saturated heterocycles. The van der Waals surface area contributed by atoms with Gasteiger partial charge in [0.1, 0.15) is 0 Å². The first kappa shape index (κ1) is 24.4. The van der Waals surface area contributed by atoms with E-state index in [1.54, 1.807) is 12.4 Å². The van der Waals surface area contributed by atoms with Crippen LogP contribution in [0.1, 0.15) is 11.1 Å². The standard InChI is InChI=1S/2C11H12N2O2.Mg/c2*12-9(11(14)15)5-7-6-13-10-4-2-1-3-8(7)10;/h2*1-4,6,9,13H,5,12H2,(H,14,15);/q;;+2/p-2/t2*9-;/m11./s1. The van der Waals surface area contributed by atoms with Crippen LogP contribution in [0.25, 0.3) is 21.8 Å². The van der Waals surface area contributed by atoms with Gasteiger partial charge >= 0.3 is 23.1 Å². The number of nitrogens with two attached hydrogens (primary N) is 2. The van der Waals surface area contributed by atoms with Crippen molar-refractivity contribution in [2.45, 2.75) is 24.9 Å². The van der Waals surface area contributed by atoms with E-state index in [9.17, 15) is 19.8 Å². The fourth-order valence-corrected chi connectivity index (χ4v) is 3.24. The number of aliphatic carboxylic acids is 2. The number of H-pyrrole nitrogens is 2. The van der Waals surface area contributed by atoms with Crippen LogP contribution in [0.4, 0.5) is 0 Å². The number of aromatic nitrogens is 2. The smallest absolute Gasteiger partial charge is 0.548 e. The van der Waals surface area contributed by atoms with E-state index in [1.807, 2.05) is 48.5 Å². The summed E-state index contributed by atoms with van der Waals surface area (Å²) in [6.45, 7) is 0. The molecule has 0 radical (unpaired) electrons. The van der Waals surface area contributed by atoms with Gasteiger partial charge in [0.05, 0.1) is 11.9 Å². The second-order valence-corrected chi connectivity index (χ2v) is 6.98. The Balaban J connectivity index is 0.000000213. The van der Waals surface area contributed by atoms with Crippen LogP contribution >= 0.6 is 0 Å². The second-order valence-electron chi connectivity index (χ2n) is 6.98. The van der Waals surface area contributed by atoms with Crippen LogP contribution in [-0.2, 0) is 22.4 Å². The molecule has 0 bridgehead atoms. The average Bonchev–Trinajstić information content (AvgIpc) is 3.33. The number of carbonyl (C=O) groups is 2. The van der Waals surface area contributed by atoms with Gasteiger partial charge in [0.2, 0.25) is 0 Å². The van der Waals surface area contributed by atoms with Gasteiger partial charge in [-0.25, -0.2) is 0 Å². The van der Waals surface area contributed by atoms with Crippen LogP contribution < -0.4 is 21.7 Å². The third-order valence-corrected chi connectivity index (χ3v) is 4.83. The van der Waals surface area contributed by atoms with Crippen molar-refractivity contribution in [3.8, 4) is 0 Å². The number of aromatic amines is 2. The summed E-state index contributed by atoms with van der Waals surface area (Å²) >= 11 is 0. The Morgan fingerprint density at radius 3 is 1.45 bits per heavy atom. The molecule has 9 heteroatoms. The third kappa shape index (κ3) is 6.08. The van der Waals surface area contributed by atoms with E-state index < -0.39 is 24.0 Å². The SMILES string of the molecule is N[C@H](Cc1c[nH]c2ccccc12)C(=O)[O-].N[C@H](Cc1c[nH]c2ccccc12)C(=O)[O-].[Mg+2]. The summed E-state index contributed by atoms with van der Waals surface area (Å²) in [7, 11) is 0. The molecule has 0 aliphatic heterocycles. The molecule has 0 fully saturated rings. The van der Waals surface area contributed by atoms with Crippen LogP contribution in [0.5, 0.6) is 0 Å². The maximum Gasteiger partial charge on any atom is 2.00 e. The first-order valence-corrected chi connectivity index (χ1v) is 9.39. The minimum Gasteiger partial charge on any atom is -0.548 e. The molecule has 4 rings (SSSR count). The van der Waals surface area contributed by atoms with Gasteiger partial charge in [-0.3, -0.25) is 0 Å². The molecule has 2 heterocycles. The van der Waals surface area contributed by atoms with Crippen molar-refractivity contribution < 1.29 is 19.8 Å². The Morgan fingerprint density at radius 2 is 1.10 bits per heavy atom. The normalized spacial score (nSPS) is 12.5. The van der Waals surface area contributed by atoms with Crippen LogP contribution in [0.2, 0.25) is 0 Å². The molecule has 0 spiro atoms. The van der Waals surface area contributed by atoms with Crippen molar-refractivity contribution in [2.24, 2.45) is 11.5 Å². The van der Waals surface area contributed by atoms with Gasteiger partial charge in [0, 0.05) is 46.3 Å². The molecule has 2 aromatic carbocycles. The van der Waals surface area contributed by atoms with Gasteiger partial charge in [-0.1, -0.05) is 36.4 Å². The summed E-state index contributed by atoms with van der Waals surface area (Å²) in [5.41, 5.74) is 14.6. The summed E-state index contributed by atoms with van der Waals surface area (Å²) in [6, 6.07) is 13.5. The maximum atomic E-state index is 10.5. The molecule has 2 atom stereocenters. The van der Waals surface area contributed by atoms with Crippen molar-refractivity contribution in [3.05, 3.63) is 72.1 Å². The van der Waals surface area contributed by atoms with Gasteiger partial charge < -0.3 is 41.2 Å². The number of para-hydroxylation sites is 2. The van der Waals surface area contributed by atoms with Gasteiger partial charge in [-0.2, -0.15) is 0 Å². The molecular formula is C22H22MgN4O4. The fraction of sp³-hybridized carbons (Fsp3) is 0.182. The van der Waals surface area contributed by atoms with Gasteiger partial charge in [-0.05, 0) is 36.1 Å². The van der Waals surface area contributed by atoms with Crippen molar-refractivity contribution in [3.63, 3.8) is 0 Å². The van der Waals surface area contributed by atoms with E-state index in [4.69, 9.17) is 11.5 Å². The molecule has 8 nitrogen and oxygen atoms in total. The molecule has 2 aromatic heterocycles. The van der Waals surface area contributed by atoms with E-state index in [0.29, 0.717) is 0 Å².